The monoisotopic (exact) mass is 468 g/mol. The molecule has 3 fully saturated rings. The Labute approximate surface area is 210 Å². The van der Waals surface area contributed by atoms with Crippen LogP contribution in [0.3, 0.4) is 0 Å². The third kappa shape index (κ3) is 3.21. The minimum Gasteiger partial charge on any atom is -0.350 e. The van der Waals surface area contributed by atoms with Crippen molar-refractivity contribution in [1.29, 1.82) is 0 Å². The lowest BCUT2D eigenvalue weighted by Gasteiger charge is -2.56. The molecule has 0 radical (unpaired) electrons. The second kappa shape index (κ2) is 7.51. The zero-order chi connectivity index (χ0) is 28.8. The summed E-state index contributed by atoms with van der Waals surface area (Å²) in [4.78, 5) is 12.7. The molecule has 0 amide bonds. The summed E-state index contributed by atoms with van der Waals surface area (Å²) in [6.07, 6.45) is 5.06. The van der Waals surface area contributed by atoms with E-state index >= 15 is 0 Å². The summed E-state index contributed by atoms with van der Waals surface area (Å²) in [6, 6.07) is 0. The normalized spacial score (nSPS) is 30.0. The van der Waals surface area contributed by atoms with Crippen molar-refractivity contribution in [3.05, 3.63) is 28.5 Å². The molecule has 182 valence electrons. The van der Waals surface area contributed by atoms with Crippen LogP contribution < -0.4 is 4.90 Å². The van der Waals surface area contributed by atoms with Gasteiger partial charge in [0.2, 0.25) is 0 Å². The molecule has 2 bridgehead atoms. The van der Waals surface area contributed by atoms with Crippen LogP contribution >= 0.6 is 0 Å². The number of hydrogen-bond donors (Lipinski definition) is 0. The summed E-state index contributed by atoms with van der Waals surface area (Å²) in [5.74, 6) is 1.64. The van der Waals surface area contributed by atoms with Crippen molar-refractivity contribution in [2.45, 2.75) is 84.3 Å². The van der Waals surface area contributed by atoms with Gasteiger partial charge < -0.3 is 9.80 Å². The van der Waals surface area contributed by atoms with E-state index < -0.39 is 19.5 Å². The van der Waals surface area contributed by atoms with Crippen molar-refractivity contribution in [3.8, 4) is 0 Å². The lowest BCUT2D eigenvalue weighted by Crippen LogP contribution is -2.55. The van der Waals surface area contributed by atoms with E-state index in [0.717, 1.165) is 84.3 Å². The van der Waals surface area contributed by atoms with Gasteiger partial charge in [-0.25, -0.2) is 9.97 Å². The topological polar surface area (TPSA) is 67.9 Å². The van der Waals surface area contributed by atoms with Gasteiger partial charge in [-0.15, -0.1) is 0 Å². The Morgan fingerprint density at radius 2 is 1.71 bits per heavy atom. The summed E-state index contributed by atoms with van der Waals surface area (Å²) in [6.45, 7) is 3.01. The fourth-order valence-electron chi connectivity index (χ4n) is 6.75. The van der Waals surface area contributed by atoms with Crippen LogP contribution in [0.2, 0.25) is 0 Å². The van der Waals surface area contributed by atoms with Crippen molar-refractivity contribution in [1.82, 2.24) is 34.4 Å². The molecule has 3 aromatic rings. The molecule has 1 aliphatic heterocycles. The zero-order valence-electron chi connectivity index (χ0n) is 26.6. The standard InChI is InChI=1S/C26H38N8/c1-17-20-15-33(24-23-22(27-19(3)28-24)18(2)29-32(23)6)14-7-21(20)34(30-17)16-25-8-11-26(12-9-25,13-10-25)31(4)5/h7-16H2,1-6H3/i4D3,5D3. The van der Waals surface area contributed by atoms with Gasteiger partial charge in [-0.2, -0.15) is 10.2 Å². The van der Waals surface area contributed by atoms with Crippen LogP contribution in [-0.4, -0.2) is 60.5 Å². The number of hydrogen-bond acceptors (Lipinski definition) is 6. The van der Waals surface area contributed by atoms with Gasteiger partial charge in [0.15, 0.2) is 5.82 Å². The minimum atomic E-state index is -2.64. The number of nitrogens with zero attached hydrogens (tertiary/aromatic N) is 8. The Morgan fingerprint density at radius 3 is 2.41 bits per heavy atom. The van der Waals surface area contributed by atoms with Gasteiger partial charge in [0, 0.05) is 58.1 Å². The molecule has 3 saturated carbocycles. The molecular formula is C26H38N8. The van der Waals surface area contributed by atoms with Gasteiger partial charge in [0.1, 0.15) is 16.9 Å². The lowest BCUT2D eigenvalue weighted by molar-refractivity contribution is -0.0423. The quantitative estimate of drug-likeness (QED) is 0.582. The highest BCUT2D eigenvalue weighted by molar-refractivity contribution is 5.88. The average molecular weight is 469 g/mol. The first-order chi connectivity index (χ1) is 18.6. The summed E-state index contributed by atoms with van der Waals surface area (Å²) in [5.41, 5.74) is 5.50. The molecule has 34 heavy (non-hydrogen) atoms. The highest BCUT2D eigenvalue weighted by Gasteiger charge is 2.50. The number of aryl methyl sites for hydroxylation is 4. The summed E-state index contributed by atoms with van der Waals surface area (Å²) >= 11 is 0. The third-order valence-electron chi connectivity index (χ3n) is 8.90. The van der Waals surface area contributed by atoms with E-state index in [1.54, 1.807) is 0 Å². The molecule has 7 rings (SSSR count). The van der Waals surface area contributed by atoms with E-state index in [0.29, 0.717) is 19.3 Å². The molecule has 3 aliphatic carbocycles. The van der Waals surface area contributed by atoms with E-state index in [1.807, 2.05) is 25.6 Å². The molecule has 4 aliphatic rings. The molecule has 0 saturated heterocycles. The van der Waals surface area contributed by atoms with Gasteiger partial charge in [-0.05, 0) is 78.7 Å². The van der Waals surface area contributed by atoms with Gasteiger partial charge >= 0.3 is 0 Å². The number of rotatable bonds is 4. The highest BCUT2D eigenvalue weighted by atomic mass is 15.3. The Balaban J connectivity index is 1.24. The van der Waals surface area contributed by atoms with Gasteiger partial charge in [-0.3, -0.25) is 9.36 Å². The fraction of sp³-hybridized carbons (Fsp3) is 0.692. The zero-order valence-corrected chi connectivity index (χ0v) is 20.6. The van der Waals surface area contributed by atoms with Gasteiger partial charge in [0.25, 0.3) is 0 Å². The summed E-state index contributed by atoms with van der Waals surface area (Å²) in [5, 5.41) is 9.59. The molecule has 0 spiro atoms. The molecule has 8 heteroatoms. The maximum atomic E-state index is 7.98. The predicted octanol–water partition coefficient (Wildman–Crippen LogP) is 3.70. The SMILES string of the molecule is [2H]C([2H])([2H])N(C([2H])([2H])[2H])C12CCC(Cn3nc(C)c4c3CCN(c3nc(C)nc5c(C)nn(C)c35)C4)(CC1)CC2. The van der Waals surface area contributed by atoms with Crippen LogP contribution in [0, 0.1) is 26.2 Å². The highest BCUT2D eigenvalue weighted by Crippen LogP contribution is 2.55. The van der Waals surface area contributed by atoms with E-state index in [9.17, 15) is 0 Å². The summed E-state index contributed by atoms with van der Waals surface area (Å²) in [7, 11) is 1.94. The Bertz CT molecular complexity index is 1430. The third-order valence-corrected chi connectivity index (χ3v) is 8.90. The first-order valence-corrected chi connectivity index (χ1v) is 12.4. The van der Waals surface area contributed by atoms with Crippen LogP contribution in [0.25, 0.3) is 11.0 Å². The fourth-order valence-corrected chi connectivity index (χ4v) is 6.75. The molecule has 8 nitrogen and oxygen atoms in total. The molecule has 0 unspecified atom stereocenters. The Morgan fingerprint density at radius 1 is 0.971 bits per heavy atom. The molecule has 0 atom stereocenters. The molecular weight excluding hydrogens is 424 g/mol. The second-order valence-electron chi connectivity index (χ2n) is 10.9. The van der Waals surface area contributed by atoms with E-state index in [-0.39, 0.29) is 5.41 Å². The second-order valence-corrected chi connectivity index (χ2v) is 10.9. The van der Waals surface area contributed by atoms with Crippen LogP contribution in [0.1, 0.15) is 75.2 Å². The van der Waals surface area contributed by atoms with Crippen molar-refractivity contribution in [2.75, 3.05) is 25.4 Å². The smallest absolute Gasteiger partial charge is 0.158 e. The molecule has 0 N–H and O–H groups in total. The van der Waals surface area contributed by atoms with Crippen molar-refractivity contribution >= 4 is 16.9 Å². The van der Waals surface area contributed by atoms with Crippen LogP contribution in [-0.2, 0) is 26.6 Å². The first-order valence-electron chi connectivity index (χ1n) is 15.4. The van der Waals surface area contributed by atoms with Crippen LogP contribution in [0.4, 0.5) is 5.82 Å². The van der Waals surface area contributed by atoms with Gasteiger partial charge in [0.05, 0.1) is 11.4 Å². The van der Waals surface area contributed by atoms with E-state index in [1.165, 1.54) is 11.3 Å². The van der Waals surface area contributed by atoms with Crippen LogP contribution in [0.5, 0.6) is 0 Å². The molecule has 3 aromatic heterocycles. The Hall–Kier alpha value is -2.48. The van der Waals surface area contributed by atoms with Gasteiger partial charge in [-0.1, -0.05) is 0 Å². The largest absolute Gasteiger partial charge is 0.350 e. The van der Waals surface area contributed by atoms with E-state index in [2.05, 4.69) is 26.6 Å². The predicted molar refractivity (Wildman–Crippen MR) is 134 cm³/mol. The van der Waals surface area contributed by atoms with Crippen molar-refractivity contribution < 1.29 is 8.22 Å². The molecule has 4 heterocycles. The number of aromatic nitrogens is 6. The first kappa shape index (κ1) is 16.2. The molecule has 0 aromatic carbocycles. The van der Waals surface area contributed by atoms with Crippen molar-refractivity contribution in [2.24, 2.45) is 12.5 Å². The van der Waals surface area contributed by atoms with Crippen LogP contribution in [0.15, 0.2) is 0 Å². The van der Waals surface area contributed by atoms with E-state index in [4.69, 9.17) is 18.3 Å². The lowest BCUT2D eigenvalue weighted by atomic mass is 9.57. The maximum Gasteiger partial charge on any atom is 0.158 e. The maximum absolute atomic E-state index is 7.98. The average Bonchev–Trinajstić information content (AvgIpc) is 3.32. The minimum absolute atomic E-state index is 0.0163. The van der Waals surface area contributed by atoms with Crippen molar-refractivity contribution in [3.63, 3.8) is 0 Å². The number of anilines is 1. The Kier molecular flexibility index (Phi) is 3.59. The summed E-state index contributed by atoms with van der Waals surface area (Å²) < 4.78 is 51.9. The number of fused-ring (bicyclic) bond motifs is 5.